The van der Waals surface area contributed by atoms with Crippen molar-refractivity contribution in [3.05, 3.63) is 105 Å². The van der Waals surface area contributed by atoms with Gasteiger partial charge in [-0.3, -0.25) is 9.59 Å². The lowest BCUT2D eigenvalue weighted by Crippen LogP contribution is -2.30. The number of carbonyl (C=O) groups is 2. The van der Waals surface area contributed by atoms with Crippen molar-refractivity contribution in [1.29, 1.82) is 0 Å². The van der Waals surface area contributed by atoms with Crippen LogP contribution in [0.15, 0.2) is 75.9 Å². The monoisotopic (exact) mass is 631 g/mol. The van der Waals surface area contributed by atoms with E-state index in [1.165, 1.54) is 11.1 Å². The first-order chi connectivity index (χ1) is 20.5. The van der Waals surface area contributed by atoms with Crippen LogP contribution in [0.3, 0.4) is 0 Å². The zero-order valence-corrected chi connectivity index (χ0v) is 24.5. The Morgan fingerprint density at radius 3 is 2.14 bits per heavy atom. The van der Waals surface area contributed by atoms with Crippen molar-refractivity contribution in [2.24, 2.45) is 0 Å². The van der Waals surface area contributed by atoms with E-state index in [9.17, 15) is 31.2 Å². The van der Waals surface area contributed by atoms with E-state index < -0.39 is 28.1 Å². The predicted octanol–water partition coefficient (Wildman–Crippen LogP) is 5.12. The van der Waals surface area contributed by atoms with E-state index in [4.69, 9.17) is 14.3 Å². The van der Waals surface area contributed by atoms with Crippen LogP contribution in [0.5, 0.6) is 0 Å². The quantitative estimate of drug-likeness (QED) is 0.264. The number of fused-ring (bicyclic) bond motifs is 2. The highest BCUT2D eigenvalue weighted by molar-refractivity contribution is 7.89. The van der Waals surface area contributed by atoms with Crippen LogP contribution in [0, 0.1) is 6.92 Å². The fourth-order valence-corrected chi connectivity index (χ4v) is 5.18. The number of rotatable bonds is 6. The first-order valence-corrected chi connectivity index (χ1v) is 15.0. The Bertz CT molecular complexity index is 1880. The first kappa shape index (κ1) is 32.1. The van der Waals surface area contributed by atoms with Crippen LogP contribution in [0.25, 0.3) is 11.0 Å². The number of para-hydroxylation sites is 1. The third-order valence-corrected chi connectivity index (χ3v) is 7.23. The molecule has 44 heavy (non-hydrogen) atoms. The summed E-state index contributed by atoms with van der Waals surface area (Å²) in [6, 6.07) is 19.8. The van der Waals surface area contributed by atoms with Gasteiger partial charge in [-0.25, -0.2) is 17.9 Å². The summed E-state index contributed by atoms with van der Waals surface area (Å²) in [6.45, 7) is 5.12. The van der Waals surface area contributed by atoms with Gasteiger partial charge in [0.25, 0.3) is 5.91 Å². The summed E-state index contributed by atoms with van der Waals surface area (Å²) in [5.74, 6) is -2.99. The molecule has 4 aromatic rings. The van der Waals surface area contributed by atoms with Crippen molar-refractivity contribution in [3.63, 3.8) is 0 Å². The lowest BCUT2D eigenvalue weighted by atomic mass is 10.0. The van der Waals surface area contributed by atoms with E-state index in [0.29, 0.717) is 35.6 Å². The van der Waals surface area contributed by atoms with Crippen LogP contribution in [-0.2, 0) is 27.9 Å². The van der Waals surface area contributed by atoms with Gasteiger partial charge in [0.05, 0.1) is 23.2 Å². The van der Waals surface area contributed by atoms with Gasteiger partial charge in [0.15, 0.2) is 5.43 Å². The normalized spacial score (nSPS) is 13.5. The number of sulfonamides is 1. The minimum absolute atomic E-state index is 0.128. The molecule has 5 rings (SSSR count). The molecule has 1 atom stereocenters. The smallest absolute Gasteiger partial charge is 0.475 e. The number of halogens is 3. The van der Waals surface area contributed by atoms with Crippen molar-refractivity contribution < 1.29 is 40.7 Å². The molecule has 232 valence electrons. The maximum Gasteiger partial charge on any atom is 0.490 e. The second-order valence-corrected chi connectivity index (χ2v) is 12.0. The third kappa shape index (κ3) is 7.56. The molecule has 0 bridgehead atoms. The van der Waals surface area contributed by atoms with E-state index in [0.717, 1.165) is 17.4 Å². The molecule has 1 aliphatic heterocycles. The van der Waals surface area contributed by atoms with Gasteiger partial charge in [0, 0.05) is 30.4 Å². The first-order valence-electron chi connectivity index (χ1n) is 13.1. The molecule has 3 aromatic carbocycles. The van der Waals surface area contributed by atoms with Gasteiger partial charge in [0.1, 0.15) is 5.58 Å². The number of carboxylic acids is 1. The largest absolute Gasteiger partial charge is 0.490 e. The van der Waals surface area contributed by atoms with Crippen molar-refractivity contribution in [2.45, 2.75) is 39.2 Å². The van der Waals surface area contributed by atoms with Crippen LogP contribution in [-0.4, -0.2) is 37.8 Å². The number of benzene rings is 3. The molecule has 0 spiro atoms. The highest BCUT2D eigenvalue weighted by atomic mass is 32.2. The zero-order valence-electron chi connectivity index (χ0n) is 23.7. The summed E-state index contributed by atoms with van der Waals surface area (Å²) in [4.78, 5) is 36.7. The second kappa shape index (κ2) is 12.4. The number of carbonyl (C=O) groups excluding carboxylic acids is 1. The zero-order chi connectivity index (χ0) is 32.4. The second-order valence-electron chi connectivity index (χ2n) is 10.2. The summed E-state index contributed by atoms with van der Waals surface area (Å²) >= 11 is 0. The number of anilines is 2. The molecule has 2 heterocycles. The van der Waals surface area contributed by atoms with Crippen LogP contribution in [0.2, 0.25) is 0 Å². The maximum atomic E-state index is 13.2. The highest BCUT2D eigenvalue weighted by Crippen LogP contribution is 2.33. The number of aliphatic carboxylic acids is 1. The number of nitrogens with one attached hydrogen (secondary N) is 2. The van der Waals surface area contributed by atoms with Crippen molar-refractivity contribution in [2.75, 3.05) is 16.5 Å². The molecule has 1 unspecified atom stereocenters. The summed E-state index contributed by atoms with van der Waals surface area (Å²) in [7, 11) is -3.72. The lowest BCUT2D eigenvalue weighted by Gasteiger charge is -2.21. The molecular weight excluding hydrogens is 603 g/mol. The molecule has 1 amide bonds. The summed E-state index contributed by atoms with van der Waals surface area (Å²) < 4.78 is 63.3. The van der Waals surface area contributed by atoms with E-state index in [1.807, 2.05) is 47.7 Å². The van der Waals surface area contributed by atoms with E-state index in [1.54, 1.807) is 30.3 Å². The van der Waals surface area contributed by atoms with E-state index in [-0.39, 0.29) is 17.0 Å². The number of carboxylic acid groups (broad SMARTS) is 1. The Balaban J connectivity index is 0.000000566. The Morgan fingerprint density at radius 2 is 1.57 bits per heavy atom. The van der Waals surface area contributed by atoms with Crippen LogP contribution in [0.4, 0.5) is 24.7 Å². The SMILES string of the molecule is Cc1cc(C(C)Nc2ccccc2C(=O)NS(C)(=O)=O)c2oc(N3Cc4ccccc4C3)cc(=O)c2c1.O=C(O)C(F)(F)F. The molecule has 0 radical (unpaired) electrons. The molecule has 3 N–H and O–H groups in total. The molecule has 0 fully saturated rings. The molecule has 14 heteroatoms. The number of hydrogen-bond acceptors (Lipinski definition) is 8. The maximum absolute atomic E-state index is 13.2. The molecule has 10 nitrogen and oxygen atoms in total. The average molecular weight is 632 g/mol. The lowest BCUT2D eigenvalue weighted by molar-refractivity contribution is -0.192. The van der Waals surface area contributed by atoms with Crippen molar-refractivity contribution >= 4 is 44.4 Å². The predicted molar refractivity (Wildman–Crippen MR) is 158 cm³/mol. The number of nitrogens with zero attached hydrogens (tertiary/aromatic N) is 1. The third-order valence-electron chi connectivity index (χ3n) is 6.67. The van der Waals surface area contributed by atoms with Crippen molar-refractivity contribution in [3.8, 4) is 0 Å². The van der Waals surface area contributed by atoms with Gasteiger partial charge >= 0.3 is 12.1 Å². The molecule has 1 aromatic heterocycles. The minimum Gasteiger partial charge on any atom is -0.475 e. The standard InChI is InChI=1S/C28H27N3O5S.C2HF3O2/c1-17-12-22(18(2)29-24-11-7-6-10-21(24)28(33)30-37(3,34)35)27-23(13-17)25(32)14-26(36-27)31-15-19-8-4-5-9-20(19)16-31;3-2(4,5)1(6)7/h4-14,18,29H,15-16H2,1-3H3,(H,30,33);(H,6,7). The Morgan fingerprint density at radius 1 is 1.00 bits per heavy atom. The van der Waals surface area contributed by atoms with Crippen LogP contribution >= 0.6 is 0 Å². The van der Waals surface area contributed by atoms with Gasteiger partial charge in [-0.1, -0.05) is 42.5 Å². The molecule has 1 aliphatic rings. The van der Waals surface area contributed by atoms with E-state index >= 15 is 0 Å². The minimum atomic E-state index is -5.08. The summed E-state index contributed by atoms with van der Waals surface area (Å²) in [5.41, 5.74) is 5.05. The van der Waals surface area contributed by atoms with E-state index in [2.05, 4.69) is 17.4 Å². The van der Waals surface area contributed by atoms with Gasteiger partial charge in [-0.2, -0.15) is 13.2 Å². The number of amides is 1. The molecule has 0 saturated heterocycles. The van der Waals surface area contributed by atoms with Gasteiger partial charge in [0.2, 0.25) is 15.9 Å². The molecular formula is C30H28F3N3O7S. The number of alkyl halides is 3. The number of aryl methyl sites for hydroxylation is 1. The number of hydrogen-bond donors (Lipinski definition) is 3. The highest BCUT2D eigenvalue weighted by Gasteiger charge is 2.38. The van der Waals surface area contributed by atoms with Gasteiger partial charge < -0.3 is 19.7 Å². The topological polar surface area (TPSA) is 146 Å². The Kier molecular flexibility index (Phi) is 9.04. The molecule has 0 aliphatic carbocycles. The van der Waals surface area contributed by atoms with Crippen LogP contribution in [0.1, 0.15) is 45.6 Å². The average Bonchev–Trinajstić information content (AvgIpc) is 3.37. The Hall–Kier alpha value is -4.85. The van der Waals surface area contributed by atoms with Crippen LogP contribution < -0.4 is 20.4 Å². The van der Waals surface area contributed by atoms with Crippen molar-refractivity contribution in [1.82, 2.24) is 4.72 Å². The fourth-order valence-electron chi connectivity index (χ4n) is 4.73. The molecule has 0 saturated carbocycles. The summed E-state index contributed by atoms with van der Waals surface area (Å²) in [5, 5.41) is 10.9. The summed E-state index contributed by atoms with van der Waals surface area (Å²) in [6.07, 6.45) is -4.15. The van der Waals surface area contributed by atoms with Gasteiger partial charge in [-0.05, 0) is 48.7 Å². The van der Waals surface area contributed by atoms with Gasteiger partial charge in [-0.15, -0.1) is 0 Å². The Labute approximate surface area is 250 Å². The fraction of sp³-hybridized carbons (Fsp3) is 0.233.